The van der Waals surface area contributed by atoms with Crippen LogP contribution in [0, 0.1) is 28.6 Å². The summed E-state index contributed by atoms with van der Waals surface area (Å²) in [5, 5.41) is 0. The second-order valence-corrected chi connectivity index (χ2v) is 6.97. The van der Waals surface area contributed by atoms with Crippen molar-refractivity contribution in [2.45, 2.75) is 47.7 Å². The molecule has 3 nitrogen and oxygen atoms in total. The van der Waals surface area contributed by atoms with Gasteiger partial charge in [0.2, 0.25) is 0 Å². The SMILES string of the molecule is CC(C1C(=O)C(C)(C)C(=O)C(C)(C)C1=O)C(C)C(F)(F)F. The molecule has 21 heavy (non-hydrogen) atoms. The van der Waals surface area contributed by atoms with Gasteiger partial charge >= 0.3 is 6.18 Å². The first-order valence-electron chi connectivity index (χ1n) is 6.87. The Balaban J connectivity index is 3.32. The minimum atomic E-state index is -4.49. The minimum absolute atomic E-state index is 0.534. The summed E-state index contributed by atoms with van der Waals surface area (Å²) >= 11 is 0. The molecule has 1 rings (SSSR count). The topological polar surface area (TPSA) is 51.2 Å². The van der Waals surface area contributed by atoms with Gasteiger partial charge in [0.05, 0.1) is 22.7 Å². The van der Waals surface area contributed by atoms with Gasteiger partial charge < -0.3 is 0 Å². The fourth-order valence-electron chi connectivity index (χ4n) is 2.97. The zero-order valence-corrected chi connectivity index (χ0v) is 13.1. The Hall–Kier alpha value is -1.20. The normalized spacial score (nSPS) is 25.9. The molecule has 1 saturated carbocycles. The molecule has 120 valence electrons. The van der Waals surface area contributed by atoms with Gasteiger partial charge in [-0.3, -0.25) is 14.4 Å². The number of hydrogen-bond acceptors (Lipinski definition) is 3. The van der Waals surface area contributed by atoms with Crippen LogP contribution in [0.25, 0.3) is 0 Å². The summed E-state index contributed by atoms with van der Waals surface area (Å²) < 4.78 is 38.6. The van der Waals surface area contributed by atoms with Crippen molar-refractivity contribution in [2.75, 3.05) is 0 Å². The smallest absolute Gasteiger partial charge is 0.298 e. The van der Waals surface area contributed by atoms with Crippen LogP contribution in [0.15, 0.2) is 0 Å². The first kappa shape index (κ1) is 17.9. The van der Waals surface area contributed by atoms with Gasteiger partial charge in [-0.1, -0.05) is 13.8 Å². The number of carbonyl (C=O) groups is 3. The predicted octanol–water partition coefficient (Wildman–Crippen LogP) is 3.21. The highest BCUT2D eigenvalue weighted by Gasteiger charge is 2.60. The number of carbonyl (C=O) groups excluding carboxylic acids is 3. The fraction of sp³-hybridized carbons (Fsp3) is 0.800. The van der Waals surface area contributed by atoms with Gasteiger partial charge in [0.1, 0.15) is 0 Å². The highest BCUT2D eigenvalue weighted by Crippen LogP contribution is 2.46. The summed E-state index contributed by atoms with van der Waals surface area (Å²) in [6.45, 7) is 7.73. The van der Waals surface area contributed by atoms with E-state index >= 15 is 0 Å². The summed E-state index contributed by atoms with van der Waals surface area (Å²) in [6.07, 6.45) is -4.49. The molecular formula is C15H21F3O3. The average Bonchev–Trinajstić information content (AvgIpc) is 2.33. The van der Waals surface area contributed by atoms with Crippen LogP contribution in [0.1, 0.15) is 41.5 Å². The molecule has 0 N–H and O–H groups in total. The van der Waals surface area contributed by atoms with Gasteiger partial charge in [0.15, 0.2) is 17.3 Å². The van der Waals surface area contributed by atoms with Crippen molar-refractivity contribution < 1.29 is 27.6 Å². The van der Waals surface area contributed by atoms with Gasteiger partial charge in [0, 0.05) is 0 Å². The van der Waals surface area contributed by atoms with Crippen molar-refractivity contribution in [2.24, 2.45) is 28.6 Å². The van der Waals surface area contributed by atoms with E-state index in [1.54, 1.807) is 0 Å². The van der Waals surface area contributed by atoms with Crippen LogP contribution in [0.2, 0.25) is 0 Å². The molecule has 0 bridgehead atoms. The number of hydrogen-bond donors (Lipinski definition) is 0. The maximum absolute atomic E-state index is 12.9. The Morgan fingerprint density at radius 3 is 1.52 bits per heavy atom. The van der Waals surface area contributed by atoms with Crippen LogP contribution < -0.4 is 0 Å². The van der Waals surface area contributed by atoms with E-state index < -0.39 is 52.1 Å². The van der Waals surface area contributed by atoms with Crippen molar-refractivity contribution in [3.8, 4) is 0 Å². The Morgan fingerprint density at radius 1 is 0.905 bits per heavy atom. The third-order valence-corrected chi connectivity index (χ3v) is 4.76. The molecule has 2 unspecified atom stereocenters. The lowest BCUT2D eigenvalue weighted by molar-refractivity contribution is -0.190. The van der Waals surface area contributed by atoms with Crippen LogP contribution in [0.4, 0.5) is 13.2 Å². The number of alkyl halides is 3. The largest absolute Gasteiger partial charge is 0.391 e. The van der Waals surface area contributed by atoms with Crippen molar-refractivity contribution in [3.63, 3.8) is 0 Å². The molecule has 6 heteroatoms. The van der Waals surface area contributed by atoms with E-state index in [4.69, 9.17) is 0 Å². The van der Waals surface area contributed by atoms with Gasteiger partial charge in [0.25, 0.3) is 0 Å². The summed E-state index contributed by atoms with van der Waals surface area (Å²) in [6, 6.07) is 0. The van der Waals surface area contributed by atoms with Crippen molar-refractivity contribution in [1.82, 2.24) is 0 Å². The highest BCUT2D eigenvalue weighted by molar-refractivity contribution is 6.28. The Labute approximate surface area is 122 Å². The Morgan fingerprint density at radius 2 is 1.24 bits per heavy atom. The maximum Gasteiger partial charge on any atom is 0.391 e. The molecule has 2 atom stereocenters. The van der Waals surface area contributed by atoms with E-state index in [9.17, 15) is 27.6 Å². The van der Waals surface area contributed by atoms with Crippen molar-refractivity contribution >= 4 is 17.3 Å². The minimum Gasteiger partial charge on any atom is -0.298 e. The molecule has 1 aliphatic carbocycles. The standard InChI is InChI=1S/C15H21F3O3/c1-7(8(2)15(16,17)18)9-10(19)13(3,4)12(21)14(5,6)11(9)20/h7-9H,1-6H3. The van der Waals surface area contributed by atoms with Crippen LogP contribution in [0.3, 0.4) is 0 Å². The van der Waals surface area contributed by atoms with Crippen molar-refractivity contribution in [3.05, 3.63) is 0 Å². The van der Waals surface area contributed by atoms with Crippen LogP contribution in [0.5, 0.6) is 0 Å². The molecule has 0 spiro atoms. The molecule has 0 saturated heterocycles. The molecule has 0 amide bonds. The number of halogens is 3. The predicted molar refractivity (Wildman–Crippen MR) is 70.5 cm³/mol. The zero-order chi connectivity index (χ0) is 17.0. The average molecular weight is 306 g/mol. The summed E-state index contributed by atoms with van der Waals surface area (Å²) in [5.74, 6) is -6.34. The third kappa shape index (κ3) is 2.64. The molecule has 1 fully saturated rings. The molecule has 0 aromatic carbocycles. The monoisotopic (exact) mass is 306 g/mol. The van der Waals surface area contributed by atoms with Gasteiger partial charge in [-0.25, -0.2) is 0 Å². The first-order chi connectivity index (χ1) is 9.16. The molecule has 0 radical (unpaired) electrons. The van der Waals surface area contributed by atoms with Crippen molar-refractivity contribution in [1.29, 1.82) is 0 Å². The lowest BCUT2D eigenvalue weighted by Crippen LogP contribution is -2.59. The number of ketones is 3. The van der Waals surface area contributed by atoms with E-state index in [1.165, 1.54) is 34.6 Å². The van der Waals surface area contributed by atoms with E-state index in [0.29, 0.717) is 0 Å². The fourth-order valence-corrected chi connectivity index (χ4v) is 2.97. The Bertz CT molecular complexity index is 459. The van der Waals surface area contributed by atoms with Crippen LogP contribution in [-0.4, -0.2) is 23.5 Å². The lowest BCUT2D eigenvalue weighted by Gasteiger charge is -2.43. The second kappa shape index (κ2) is 4.92. The molecule has 1 aliphatic rings. The molecule has 0 aliphatic heterocycles. The quantitative estimate of drug-likeness (QED) is 0.736. The molecule has 0 heterocycles. The lowest BCUT2D eigenvalue weighted by atomic mass is 9.55. The van der Waals surface area contributed by atoms with Crippen LogP contribution >= 0.6 is 0 Å². The number of rotatable bonds is 2. The molecular weight excluding hydrogens is 285 g/mol. The zero-order valence-electron chi connectivity index (χ0n) is 13.1. The first-order valence-corrected chi connectivity index (χ1v) is 6.87. The Kier molecular flexibility index (Phi) is 4.18. The molecule has 0 aromatic rings. The van der Waals surface area contributed by atoms with E-state index in [0.717, 1.165) is 6.92 Å². The van der Waals surface area contributed by atoms with Gasteiger partial charge in [-0.15, -0.1) is 0 Å². The van der Waals surface area contributed by atoms with Crippen LogP contribution in [-0.2, 0) is 14.4 Å². The summed E-state index contributed by atoms with van der Waals surface area (Å²) in [4.78, 5) is 37.1. The molecule has 0 aromatic heterocycles. The highest BCUT2D eigenvalue weighted by atomic mass is 19.4. The van der Waals surface area contributed by atoms with Gasteiger partial charge in [-0.2, -0.15) is 13.2 Å². The summed E-state index contributed by atoms with van der Waals surface area (Å²) in [5.41, 5.74) is -2.89. The van der Waals surface area contributed by atoms with E-state index in [-0.39, 0.29) is 0 Å². The maximum atomic E-state index is 12.9. The van der Waals surface area contributed by atoms with E-state index in [1.807, 2.05) is 0 Å². The van der Waals surface area contributed by atoms with E-state index in [2.05, 4.69) is 0 Å². The van der Waals surface area contributed by atoms with Gasteiger partial charge in [-0.05, 0) is 33.6 Å². The third-order valence-electron chi connectivity index (χ3n) is 4.76. The number of Topliss-reactive ketones (excluding diaryl/α,β-unsaturated/α-hetero) is 3. The summed E-state index contributed by atoms with van der Waals surface area (Å²) in [7, 11) is 0. The second-order valence-electron chi connectivity index (χ2n) is 6.97.